The van der Waals surface area contributed by atoms with Gasteiger partial charge in [-0.15, -0.1) is 0 Å². The van der Waals surface area contributed by atoms with Crippen LogP contribution in [0.3, 0.4) is 0 Å². The second kappa shape index (κ2) is 7.39. The average molecular weight is 328 g/mol. The number of ether oxygens (including phenoxy) is 1. The molecule has 0 spiro atoms. The highest BCUT2D eigenvalue weighted by molar-refractivity contribution is 5.87. The van der Waals surface area contributed by atoms with E-state index in [9.17, 15) is 18.4 Å². The Morgan fingerprint density at radius 1 is 1.26 bits per heavy atom. The van der Waals surface area contributed by atoms with Gasteiger partial charge in [-0.3, -0.25) is 9.59 Å². The fourth-order valence-corrected chi connectivity index (χ4v) is 1.87. The quantitative estimate of drug-likeness (QED) is 0.900. The molecule has 1 rings (SSSR count). The van der Waals surface area contributed by atoms with Gasteiger partial charge in [0.1, 0.15) is 5.75 Å². The lowest BCUT2D eigenvalue weighted by atomic mass is 10.1. The fourth-order valence-electron chi connectivity index (χ4n) is 1.87. The van der Waals surface area contributed by atoms with Crippen molar-refractivity contribution in [1.29, 1.82) is 0 Å². The summed E-state index contributed by atoms with van der Waals surface area (Å²) in [4.78, 5) is 25.2. The largest absolute Gasteiger partial charge is 0.481 e. The number of nitrogens with one attached hydrogen (secondary N) is 1. The highest BCUT2D eigenvalue weighted by Gasteiger charge is 2.23. The number of nitrogens with zero attached hydrogens (tertiary/aromatic N) is 1. The summed E-state index contributed by atoms with van der Waals surface area (Å²) in [5.74, 6) is -2.75. The molecule has 5 nitrogen and oxygen atoms in total. The molecule has 0 aromatic heterocycles. The van der Waals surface area contributed by atoms with Gasteiger partial charge < -0.3 is 15.0 Å². The van der Waals surface area contributed by atoms with E-state index in [2.05, 4.69) is 5.32 Å². The summed E-state index contributed by atoms with van der Waals surface area (Å²) in [6.45, 7) is 6.86. The van der Waals surface area contributed by atoms with E-state index < -0.39 is 29.2 Å². The van der Waals surface area contributed by atoms with E-state index in [1.807, 2.05) is 20.8 Å². The molecule has 1 aromatic rings. The lowest BCUT2D eigenvalue weighted by molar-refractivity contribution is -0.140. The van der Waals surface area contributed by atoms with Crippen LogP contribution in [0.1, 0.15) is 27.7 Å². The van der Waals surface area contributed by atoms with E-state index in [1.54, 1.807) is 0 Å². The van der Waals surface area contributed by atoms with Gasteiger partial charge in [-0.25, -0.2) is 8.78 Å². The van der Waals surface area contributed by atoms with Crippen LogP contribution in [0.2, 0.25) is 0 Å². The van der Waals surface area contributed by atoms with Gasteiger partial charge in [0.15, 0.2) is 17.7 Å². The lowest BCUT2D eigenvalue weighted by Crippen LogP contribution is -2.48. The van der Waals surface area contributed by atoms with Crippen molar-refractivity contribution in [2.75, 3.05) is 13.6 Å². The SMILES string of the molecule is CC(Oc1ccc(F)c(F)c1)C(=O)N(C)CC(=O)NC(C)(C)C. The number of carbonyl (C=O) groups excluding carboxylic acids is 2. The number of amides is 2. The molecule has 0 radical (unpaired) electrons. The van der Waals surface area contributed by atoms with Crippen molar-refractivity contribution in [3.05, 3.63) is 29.8 Å². The summed E-state index contributed by atoms with van der Waals surface area (Å²) in [7, 11) is 1.47. The second-order valence-corrected chi connectivity index (χ2v) is 6.33. The first-order valence-electron chi connectivity index (χ1n) is 7.17. The molecule has 0 aliphatic carbocycles. The molecule has 0 bridgehead atoms. The Labute approximate surface area is 134 Å². The zero-order chi connectivity index (χ0) is 17.8. The molecular formula is C16H22F2N2O3. The third kappa shape index (κ3) is 6.22. The molecule has 7 heteroatoms. The summed E-state index contributed by atoms with van der Waals surface area (Å²) < 4.78 is 31.3. The van der Waals surface area contributed by atoms with Crippen molar-refractivity contribution >= 4 is 11.8 Å². The van der Waals surface area contributed by atoms with Crippen molar-refractivity contribution in [2.24, 2.45) is 0 Å². The van der Waals surface area contributed by atoms with Crippen LogP contribution in [-0.4, -0.2) is 41.9 Å². The minimum atomic E-state index is -1.06. The highest BCUT2D eigenvalue weighted by atomic mass is 19.2. The first-order chi connectivity index (χ1) is 10.5. The lowest BCUT2D eigenvalue weighted by Gasteiger charge is -2.25. The Hall–Kier alpha value is -2.18. The third-order valence-electron chi connectivity index (χ3n) is 2.82. The maximum Gasteiger partial charge on any atom is 0.263 e. The number of hydrogen-bond acceptors (Lipinski definition) is 3. The molecule has 23 heavy (non-hydrogen) atoms. The van der Waals surface area contributed by atoms with Crippen molar-refractivity contribution in [2.45, 2.75) is 39.3 Å². The van der Waals surface area contributed by atoms with Gasteiger partial charge >= 0.3 is 0 Å². The third-order valence-corrected chi connectivity index (χ3v) is 2.82. The maximum atomic E-state index is 13.1. The maximum absolute atomic E-state index is 13.1. The summed E-state index contributed by atoms with van der Waals surface area (Å²) in [5.41, 5.74) is -0.394. The highest BCUT2D eigenvalue weighted by Crippen LogP contribution is 2.17. The Morgan fingerprint density at radius 3 is 2.39 bits per heavy atom. The van der Waals surface area contributed by atoms with E-state index in [4.69, 9.17) is 4.74 Å². The normalized spacial score (nSPS) is 12.5. The van der Waals surface area contributed by atoms with E-state index in [0.717, 1.165) is 12.1 Å². The Morgan fingerprint density at radius 2 is 1.87 bits per heavy atom. The van der Waals surface area contributed by atoms with Gasteiger partial charge in [-0.2, -0.15) is 0 Å². The zero-order valence-electron chi connectivity index (χ0n) is 13.9. The first-order valence-corrected chi connectivity index (χ1v) is 7.17. The molecule has 1 unspecified atom stereocenters. The predicted octanol–water partition coefficient (Wildman–Crippen LogP) is 2.11. The molecular weight excluding hydrogens is 306 g/mol. The number of benzene rings is 1. The minimum Gasteiger partial charge on any atom is -0.481 e. The Kier molecular flexibility index (Phi) is 6.06. The van der Waals surface area contributed by atoms with Crippen molar-refractivity contribution in [3.63, 3.8) is 0 Å². The number of likely N-dealkylation sites (N-methyl/N-ethyl adjacent to an activating group) is 1. The van der Waals surface area contributed by atoms with Crippen molar-refractivity contribution in [3.8, 4) is 5.75 Å². The summed E-state index contributed by atoms with van der Waals surface area (Å²) in [6.07, 6.45) is -0.938. The van der Waals surface area contributed by atoms with Gasteiger partial charge in [0.05, 0.1) is 6.54 Å². The van der Waals surface area contributed by atoms with E-state index >= 15 is 0 Å². The van der Waals surface area contributed by atoms with Crippen LogP contribution in [-0.2, 0) is 9.59 Å². The average Bonchev–Trinajstić information content (AvgIpc) is 2.39. The molecule has 0 aliphatic rings. The molecule has 1 aromatic carbocycles. The van der Waals surface area contributed by atoms with Crippen LogP contribution >= 0.6 is 0 Å². The molecule has 128 valence electrons. The Bertz CT molecular complexity index is 585. The molecule has 0 aliphatic heterocycles. The molecule has 0 saturated carbocycles. The van der Waals surface area contributed by atoms with Crippen LogP contribution in [0.25, 0.3) is 0 Å². The summed E-state index contributed by atoms with van der Waals surface area (Å²) >= 11 is 0. The van der Waals surface area contributed by atoms with Crippen LogP contribution in [0.4, 0.5) is 8.78 Å². The van der Waals surface area contributed by atoms with E-state index in [-0.39, 0.29) is 18.2 Å². The summed E-state index contributed by atoms with van der Waals surface area (Å²) in [5, 5.41) is 2.74. The molecule has 2 amide bonds. The molecule has 0 saturated heterocycles. The standard InChI is InChI=1S/C16H22F2N2O3/c1-10(23-11-6-7-12(17)13(18)8-11)15(22)20(5)9-14(21)19-16(2,3)4/h6-8,10H,9H2,1-5H3,(H,19,21). The van der Waals surface area contributed by atoms with Gasteiger partial charge in [0.2, 0.25) is 5.91 Å². The van der Waals surface area contributed by atoms with Gasteiger partial charge in [-0.1, -0.05) is 0 Å². The fraction of sp³-hybridized carbons (Fsp3) is 0.500. The Balaban J connectivity index is 2.61. The smallest absolute Gasteiger partial charge is 0.263 e. The number of halogens is 2. The van der Waals surface area contributed by atoms with Gasteiger partial charge in [-0.05, 0) is 39.8 Å². The zero-order valence-corrected chi connectivity index (χ0v) is 13.9. The van der Waals surface area contributed by atoms with Crippen LogP contribution in [0.5, 0.6) is 5.75 Å². The monoisotopic (exact) mass is 328 g/mol. The molecule has 1 N–H and O–H groups in total. The molecule has 1 atom stereocenters. The van der Waals surface area contributed by atoms with Crippen LogP contribution < -0.4 is 10.1 Å². The number of rotatable bonds is 5. The van der Waals surface area contributed by atoms with Gasteiger partial charge in [0.25, 0.3) is 5.91 Å². The predicted molar refractivity (Wildman–Crippen MR) is 82.0 cm³/mol. The van der Waals surface area contributed by atoms with Crippen molar-refractivity contribution < 1.29 is 23.1 Å². The number of hydrogen-bond donors (Lipinski definition) is 1. The number of carbonyl (C=O) groups is 2. The van der Waals surface area contributed by atoms with Gasteiger partial charge in [0, 0.05) is 18.7 Å². The van der Waals surface area contributed by atoms with E-state index in [0.29, 0.717) is 0 Å². The molecule has 0 heterocycles. The first kappa shape index (κ1) is 18.9. The topological polar surface area (TPSA) is 58.6 Å². The van der Waals surface area contributed by atoms with Crippen LogP contribution in [0, 0.1) is 11.6 Å². The van der Waals surface area contributed by atoms with E-state index in [1.165, 1.54) is 24.9 Å². The molecule has 0 fully saturated rings. The van der Waals surface area contributed by atoms with Crippen molar-refractivity contribution in [1.82, 2.24) is 10.2 Å². The second-order valence-electron chi connectivity index (χ2n) is 6.33. The van der Waals surface area contributed by atoms with Crippen LogP contribution in [0.15, 0.2) is 18.2 Å². The minimum absolute atomic E-state index is 0.0392. The summed E-state index contributed by atoms with van der Waals surface area (Å²) in [6, 6.07) is 3.02.